The number of carbonyl (C=O) groups is 4. The Kier molecular flexibility index (Phi) is 71.7. The van der Waals surface area contributed by atoms with Crippen molar-refractivity contribution in [3.63, 3.8) is 0 Å². The van der Waals surface area contributed by atoms with Crippen molar-refractivity contribution in [3.05, 3.63) is 48.6 Å². The molecule has 3 N–H and O–H groups in total. The van der Waals surface area contributed by atoms with Crippen LogP contribution in [0.1, 0.15) is 388 Å². The number of aliphatic hydroxyl groups is 1. The molecule has 0 aromatic heterocycles. The van der Waals surface area contributed by atoms with Gasteiger partial charge in [-0.2, -0.15) is 0 Å². The van der Waals surface area contributed by atoms with Crippen molar-refractivity contribution < 1.29 is 80.2 Å². The fraction of sp³-hybridized carbons (Fsp3) is 0.854. The van der Waals surface area contributed by atoms with Gasteiger partial charge in [0, 0.05) is 25.7 Å². The highest BCUT2D eigenvalue weighted by Crippen LogP contribution is 2.45. The Morgan fingerprint density at radius 2 is 0.535 bits per heavy atom. The molecule has 0 radical (unpaired) electrons. The largest absolute Gasteiger partial charge is 0.472 e. The van der Waals surface area contributed by atoms with Crippen LogP contribution in [-0.2, 0) is 65.4 Å². The van der Waals surface area contributed by atoms with Gasteiger partial charge in [-0.15, -0.1) is 0 Å². The molecule has 0 amide bonds. The van der Waals surface area contributed by atoms with Crippen LogP contribution in [0.3, 0.4) is 0 Å². The second-order valence-electron chi connectivity index (χ2n) is 28.6. The third kappa shape index (κ3) is 75.1. The van der Waals surface area contributed by atoms with Crippen molar-refractivity contribution in [3.8, 4) is 0 Å². The normalized spacial score (nSPS) is 14.1. The van der Waals surface area contributed by atoms with E-state index in [-0.39, 0.29) is 25.7 Å². The van der Waals surface area contributed by atoms with Crippen molar-refractivity contribution in [1.29, 1.82) is 0 Å². The lowest BCUT2D eigenvalue weighted by Gasteiger charge is -2.21. The molecule has 5 atom stereocenters. The number of hydrogen-bond donors (Lipinski definition) is 3. The molecule has 2 unspecified atom stereocenters. The van der Waals surface area contributed by atoms with E-state index in [1.807, 2.05) is 0 Å². The zero-order chi connectivity index (χ0) is 74.1. The van der Waals surface area contributed by atoms with Crippen molar-refractivity contribution in [2.45, 2.75) is 406 Å². The van der Waals surface area contributed by atoms with Gasteiger partial charge in [-0.1, -0.05) is 334 Å². The Morgan fingerprint density at radius 1 is 0.307 bits per heavy atom. The molecule has 0 aliphatic heterocycles. The van der Waals surface area contributed by atoms with Gasteiger partial charge in [0.15, 0.2) is 12.2 Å². The van der Waals surface area contributed by atoms with E-state index in [1.165, 1.54) is 180 Å². The third-order valence-electron chi connectivity index (χ3n) is 18.0. The number of esters is 4. The van der Waals surface area contributed by atoms with Crippen LogP contribution < -0.4 is 0 Å². The van der Waals surface area contributed by atoms with E-state index in [4.69, 9.17) is 37.0 Å². The molecule has 0 heterocycles. The molecular formula is C82H152O17P2. The van der Waals surface area contributed by atoms with Gasteiger partial charge in [0.25, 0.3) is 0 Å². The quantitative estimate of drug-likeness (QED) is 0.0169. The summed E-state index contributed by atoms with van der Waals surface area (Å²) >= 11 is 0. The average Bonchev–Trinajstić information content (AvgIpc) is 0.957. The maximum atomic E-state index is 13.1. The van der Waals surface area contributed by atoms with Gasteiger partial charge in [-0.3, -0.25) is 37.3 Å². The van der Waals surface area contributed by atoms with Gasteiger partial charge in [-0.05, 0) is 83.0 Å². The van der Waals surface area contributed by atoms with Crippen molar-refractivity contribution >= 4 is 39.5 Å². The number of allylic oxidation sites excluding steroid dienone is 8. The van der Waals surface area contributed by atoms with Gasteiger partial charge in [0.1, 0.15) is 19.3 Å². The summed E-state index contributed by atoms with van der Waals surface area (Å²) in [6, 6.07) is 0. The lowest BCUT2D eigenvalue weighted by atomic mass is 10.0. The number of hydrogen-bond acceptors (Lipinski definition) is 15. The maximum Gasteiger partial charge on any atom is 0.472 e. The van der Waals surface area contributed by atoms with Crippen LogP contribution in [0.25, 0.3) is 0 Å². The fourth-order valence-corrected chi connectivity index (χ4v) is 13.3. The van der Waals surface area contributed by atoms with E-state index in [0.29, 0.717) is 25.7 Å². The minimum atomic E-state index is -4.97. The van der Waals surface area contributed by atoms with Gasteiger partial charge in [-0.25, -0.2) is 9.13 Å². The first-order valence-electron chi connectivity index (χ1n) is 41.3. The zero-order valence-electron chi connectivity index (χ0n) is 65.0. The molecular weight excluding hydrogens is 1320 g/mol. The van der Waals surface area contributed by atoms with Crippen LogP contribution in [0.5, 0.6) is 0 Å². The third-order valence-corrected chi connectivity index (χ3v) is 19.9. The predicted octanol–water partition coefficient (Wildman–Crippen LogP) is 23.9. The minimum Gasteiger partial charge on any atom is -0.462 e. The van der Waals surface area contributed by atoms with E-state index < -0.39 is 97.5 Å². The molecule has 0 aromatic carbocycles. The first kappa shape index (κ1) is 98.0. The number of ether oxygens (including phenoxy) is 4. The fourth-order valence-electron chi connectivity index (χ4n) is 11.7. The number of aliphatic hydroxyl groups excluding tert-OH is 1. The molecule has 0 spiro atoms. The smallest absolute Gasteiger partial charge is 0.462 e. The SMILES string of the molecule is CCCCCC/C=C\C=C/CCCCCCCC(=O)OC[C@H](COP(=O)(O)OC[C@@H](O)COP(=O)(O)OC[C@@H](COC(=O)CCCCCCCCCCCCCCC)OC(=O)CCCCCCC/C=C\C=C/CCCCCC)OC(=O)CCCCCCCCCCCCCCCCCC(C)C. The molecule has 0 fully saturated rings. The molecule has 0 saturated heterocycles. The van der Waals surface area contributed by atoms with Crippen molar-refractivity contribution in [2.24, 2.45) is 5.92 Å². The van der Waals surface area contributed by atoms with E-state index in [0.717, 1.165) is 128 Å². The summed E-state index contributed by atoms with van der Waals surface area (Å²) in [5.74, 6) is -1.37. The molecule has 0 aliphatic carbocycles. The van der Waals surface area contributed by atoms with Gasteiger partial charge in [0.05, 0.1) is 26.4 Å². The van der Waals surface area contributed by atoms with Gasteiger partial charge < -0.3 is 33.8 Å². The molecule has 101 heavy (non-hydrogen) atoms. The zero-order valence-corrected chi connectivity index (χ0v) is 66.8. The highest BCUT2D eigenvalue weighted by molar-refractivity contribution is 7.47. The molecule has 0 aliphatic rings. The minimum absolute atomic E-state index is 0.0834. The first-order valence-corrected chi connectivity index (χ1v) is 44.3. The molecule has 592 valence electrons. The van der Waals surface area contributed by atoms with Crippen LogP contribution in [0.2, 0.25) is 0 Å². The van der Waals surface area contributed by atoms with Crippen molar-refractivity contribution in [1.82, 2.24) is 0 Å². The highest BCUT2D eigenvalue weighted by atomic mass is 31.2. The topological polar surface area (TPSA) is 237 Å². The van der Waals surface area contributed by atoms with Crippen LogP contribution in [0.15, 0.2) is 48.6 Å². The van der Waals surface area contributed by atoms with E-state index in [1.54, 1.807) is 0 Å². The molecule has 19 heteroatoms. The summed E-state index contributed by atoms with van der Waals surface area (Å²) < 4.78 is 68.7. The monoisotopic (exact) mass is 1470 g/mol. The van der Waals surface area contributed by atoms with Gasteiger partial charge >= 0.3 is 39.5 Å². The molecule has 0 aromatic rings. The van der Waals surface area contributed by atoms with E-state index in [2.05, 4.69) is 83.2 Å². The Morgan fingerprint density at radius 3 is 0.812 bits per heavy atom. The number of rotatable bonds is 78. The number of phosphoric acid groups is 2. The second-order valence-corrected chi connectivity index (χ2v) is 31.5. The Balaban J connectivity index is 5.33. The lowest BCUT2D eigenvalue weighted by Crippen LogP contribution is -2.30. The Labute approximate surface area is 617 Å². The molecule has 0 bridgehead atoms. The number of carbonyl (C=O) groups excluding carboxylic acids is 4. The summed E-state index contributed by atoms with van der Waals surface area (Å²) in [7, 11) is -9.95. The Hall–Kier alpha value is -2.98. The molecule has 0 saturated carbocycles. The first-order chi connectivity index (χ1) is 49.0. The number of unbranched alkanes of at least 4 members (excludes halogenated alkanes) is 44. The van der Waals surface area contributed by atoms with Crippen LogP contribution in [-0.4, -0.2) is 96.7 Å². The number of phosphoric ester groups is 2. The molecule has 17 nitrogen and oxygen atoms in total. The van der Waals surface area contributed by atoms with Gasteiger partial charge in [0.2, 0.25) is 0 Å². The molecule has 0 rings (SSSR count). The summed E-state index contributed by atoms with van der Waals surface area (Å²) in [4.78, 5) is 73.0. The van der Waals surface area contributed by atoms with Crippen LogP contribution >= 0.6 is 15.6 Å². The maximum absolute atomic E-state index is 13.1. The summed E-state index contributed by atoms with van der Waals surface area (Å²) in [6.45, 7) is 7.23. The van der Waals surface area contributed by atoms with Crippen LogP contribution in [0, 0.1) is 5.92 Å². The predicted molar refractivity (Wildman–Crippen MR) is 413 cm³/mol. The van der Waals surface area contributed by atoms with E-state index >= 15 is 0 Å². The lowest BCUT2D eigenvalue weighted by molar-refractivity contribution is -0.161. The van der Waals surface area contributed by atoms with Crippen molar-refractivity contribution in [2.75, 3.05) is 39.6 Å². The summed E-state index contributed by atoms with van der Waals surface area (Å²) in [5.41, 5.74) is 0. The Bertz CT molecular complexity index is 2120. The standard InChI is InChI=1S/C82H152O17P2/c1-6-9-12-15-18-21-24-27-30-36-41-46-51-56-61-66-80(85)93-72-78(99-82(87)68-63-58-53-48-43-38-33-29-32-35-39-44-49-54-59-64-75(4)5)74-97-101(90,91)95-70-76(83)69-94-100(88,89)96-73-77(71-92-79(84)65-60-55-50-45-40-34-26-23-20-17-14-11-8-3)98-81(86)67-62-57-52-47-42-37-31-28-25-22-19-16-13-10-7-2/h21-22,24-25,27-28,30-31,75-78,83H,6-20,23,26,29,32-74H2,1-5H3,(H,88,89)(H,90,91)/b24-21-,25-22-,30-27-,31-28-/t76-,77+,78+/m0/s1. The van der Waals surface area contributed by atoms with Crippen LogP contribution in [0.4, 0.5) is 0 Å². The van der Waals surface area contributed by atoms with E-state index in [9.17, 15) is 43.2 Å². The average molecular weight is 1470 g/mol. The summed E-state index contributed by atoms with van der Waals surface area (Å²) in [5, 5.41) is 10.6. The second kappa shape index (κ2) is 73.9. The highest BCUT2D eigenvalue weighted by Gasteiger charge is 2.30. The summed E-state index contributed by atoms with van der Waals surface area (Å²) in [6.07, 6.45) is 70.8.